The molecule has 0 radical (unpaired) electrons. The van der Waals surface area contributed by atoms with E-state index in [1.807, 2.05) is 0 Å². The van der Waals surface area contributed by atoms with Gasteiger partial charge in [0.05, 0.1) is 5.56 Å². The maximum atomic E-state index is 12.6. The number of rotatable bonds is 3. The minimum Gasteiger partial charge on any atom is -0.249 e. The Kier molecular flexibility index (Phi) is 4.11. The van der Waals surface area contributed by atoms with E-state index < -0.39 is 21.6 Å². The maximum absolute atomic E-state index is 12.6. The summed E-state index contributed by atoms with van der Waals surface area (Å²) in [5, 5.41) is 5.98. The molecule has 1 aromatic heterocycles. The first-order chi connectivity index (χ1) is 11.6. The summed E-state index contributed by atoms with van der Waals surface area (Å²) >= 11 is 0. The first-order valence-corrected chi connectivity index (χ1v) is 8.94. The summed E-state index contributed by atoms with van der Waals surface area (Å²) in [7, 11) is -3.51. The number of hydrogen-bond acceptors (Lipinski definition) is 4. The molecule has 0 saturated heterocycles. The van der Waals surface area contributed by atoms with Crippen molar-refractivity contribution in [3.8, 4) is 22.5 Å². The van der Waals surface area contributed by atoms with Gasteiger partial charge in [0.1, 0.15) is 0 Å². The van der Waals surface area contributed by atoms with E-state index in [4.69, 9.17) is 0 Å². The molecule has 130 valence electrons. The number of nitrogens with zero attached hydrogens (tertiary/aromatic N) is 2. The molecule has 3 aromatic rings. The van der Waals surface area contributed by atoms with Crippen LogP contribution in [0.4, 0.5) is 13.2 Å². The number of sulfone groups is 1. The molecule has 1 N–H and O–H groups in total. The SMILES string of the molecule is CS(=O)(=O)c1nc(-c2cccc(-c3ccc(C(F)(F)F)cc3)c2)n[nH]1. The van der Waals surface area contributed by atoms with Crippen LogP contribution in [0.5, 0.6) is 0 Å². The average Bonchev–Trinajstić information content (AvgIpc) is 3.05. The van der Waals surface area contributed by atoms with Crippen LogP contribution >= 0.6 is 0 Å². The quantitative estimate of drug-likeness (QED) is 0.768. The number of hydrogen-bond donors (Lipinski definition) is 1. The Morgan fingerprint density at radius 2 is 1.60 bits per heavy atom. The largest absolute Gasteiger partial charge is 0.416 e. The summed E-state index contributed by atoms with van der Waals surface area (Å²) in [4.78, 5) is 3.93. The molecule has 0 amide bonds. The van der Waals surface area contributed by atoms with Crippen molar-refractivity contribution < 1.29 is 21.6 Å². The summed E-state index contributed by atoms with van der Waals surface area (Å²) < 4.78 is 60.8. The Morgan fingerprint density at radius 3 is 2.16 bits per heavy atom. The molecule has 0 unspecified atom stereocenters. The van der Waals surface area contributed by atoms with Gasteiger partial charge in [0, 0.05) is 11.8 Å². The molecule has 0 saturated carbocycles. The summed E-state index contributed by atoms with van der Waals surface area (Å²) in [5.74, 6) is 0.189. The molecule has 0 aliphatic rings. The van der Waals surface area contributed by atoms with E-state index in [1.165, 1.54) is 12.1 Å². The fraction of sp³-hybridized carbons (Fsp3) is 0.125. The van der Waals surface area contributed by atoms with Crippen molar-refractivity contribution in [2.75, 3.05) is 6.26 Å². The number of aromatic amines is 1. The predicted molar refractivity (Wildman–Crippen MR) is 85.4 cm³/mol. The number of halogens is 3. The van der Waals surface area contributed by atoms with Crippen molar-refractivity contribution in [1.82, 2.24) is 15.2 Å². The minimum atomic E-state index is -4.39. The number of nitrogens with one attached hydrogen (secondary N) is 1. The van der Waals surface area contributed by atoms with E-state index in [9.17, 15) is 21.6 Å². The minimum absolute atomic E-state index is 0.189. The zero-order valence-electron chi connectivity index (χ0n) is 12.9. The van der Waals surface area contributed by atoms with Gasteiger partial charge in [-0.3, -0.25) is 0 Å². The monoisotopic (exact) mass is 367 g/mol. The van der Waals surface area contributed by atoms with Gasteiger partial charge >= 0.3 is 6.18 Å². The van der Waals surface area contributed by atoms with Crippen molar-refractivity contribution in [3.63, 3.8) is 0 Å². The molecule has 2 aromatic carbocycles. The zero-order chi connectivity index (χ0) is 18.2. The first-order valence-electron chi connectivity index (χ1n) is 7.05. The molecule has 5 nitrogen and oxygen atoms in total. The Balaban J connectivity index is 1.95. The van der Waals surface area contributed by atoms with Gasteiger partial charge in [-0.25, -0.2) is 13.5 Å². The van der Waals surface area contributed by atoms with Gasteiger partial charge in [-0.1, -0.05) is 30.3 Å². The number of alkyl halides is 3. The highest BCUT2D eigenvalue weighted by Gasteiger charge is 2.29. The van der Waals surface area contributed by atoms with Crippen LogP contribution < -0.4 is 0 Å². The topological polar surface area (TPSA) is 75.7 Å². The van der Waals surface area contributed by atoms with E-state index in [-0.39, 0.29) is 11.0 Å². The molecule has 9 heteroatoms. The van der Waals surface area contributed by atoms with Gasteiger partial charge in [-0.2, -0.15) is 23.3 Å². The fourth-order valence-corrected chi connectivity index (χ4v) is 2.70. The number of benzene rings is 2. The maximum Gasteiger partial charge on any atom is 0.416 e. The van der Waals surface area contributed by atoms with Gasteiger partial charge < -0.3 is 0 Å². The lowest BCUT2D eigenvalue weighted by Gasteiger charge is -2.08. The Bertz CT molecular complexity index is 1010. The van der Waals surface area contributed by atoms with Crippen LogP contribution in [0.15, 0.2) is 53.7 Å². The molecule has 0 spiro atoms. The first kappa shape index (κ1) is 17.2. The highest BCUT2D eigenvalue weighted by Crippen LogP contribution is 2.31. The lowest BCUT2D eigenvalue weighted by Crippen LogP contribution is -2.03. The molecular weight excluding hydrogens is 355 g/mol. The van der Waals surface area contributed by atoms with Crippen LogP contribution in [0.1, 0.15) is 5.56 Å². The van der Waals surface area contributed by atoms with Gasteiger partial charge in [-0.15, -0.1) is 0 Å². The smallest absolute Gasteiger partial charge is 0.249 e. The second-order valence-corrected chi connectivity index (χ2v) is 7.32. The van der Waals surface area contributed by atoms with Crippen LogP contribution in [-0.4, -0.2) is 29.9 Å². The van der Waals surface area contributed by atoms with Crippen molar-refractivity contribution in [2.45, 2.75) is 11.3 Å². The summed E-state index contributed by atoms with van der Waals surface area (Å²) in [6.07, 6.45) is -3.38. The number of aromatic nitrogens is 3. The molecule has 0 bridgehead atoms. The highest BCUT2D eigenvalue weighted by atomic mass is 32.2. The second-order valence-electron chi connectivity index (χ2n) is 5.39. The molecule has 0 aliphatic carbocycles. The van der Waals surface area contributed by atoms with E-state index >= 15 is 0 Å². The fourth-order valence-electron chi connectivity index (χ4n) is 2.23. The number of H-pyrrole nitrogens is 1. The van der Waals surface area contributed by atoms with Crippen LogP contribution in [0.3, 0.4) is 0 Å². The molecule has 0 atom stereocenters. The standard InChI is InChI=1S/C16H12F3N3O2S/c1-25(23,24)15-20-14(21-22-15)12-4-2-3-11(9-12)10-5-7-13(8-6-10)16(17,18)19/h2-9H,1H3,(H,20,21,22). The third-order valence-corrected chi connectivity index (χ3v) is 4.37. The van der Waals surface area contributed by atoms with Crippen molar-refractivity contribution >= 4 is 9.84 Å². The van der Waals surface area contributed by atoms with Crippen molar-refractivity contribution in [1.29, 1.82) is 0 Å². The van der Waals surface area contributed by atoms with E-state index in [0.717, 1.165) is 18.4 Å². The predicted octanol–water partition coefficient (Wildman–Crippen LogP) is 3.56. The Hall–Kier alpha value is -2.68. The van der Waals surface area contributed by atoms with Crippen LogP contribution in [0.2, 0.25) is 0 Å². The zero-order valence-corrected chi connectivity index (χ0v) is 13.7. The second kappa shape index (κ2) is 5.99. The van der Waals surface area contributed by atoms with Gasteiger partial charge in [0.25, 0.3) is 0 Å². The van der Waals surface area contributed by atoms with Crippen LogP contribution in [-0.2, 0) is 16.0 Å². The molecule has 25 heavy (non-hydrogen) atoms. The van der Waals surface area contributed by atoms with Crippen molar-refractivity contribution in [3.05, 3.63) is 54.1 Å². The third-order valence-electron chi connectivity index (χ3n) is 3.48. The Morgan fingerprint density at radius 1 is 0.960 bits per heavy atom. The molecule has 1 heterocycles. The normalized spacial score (nSPS) is 12.3. The van der Waals surface area contributed by atoms with E-state index in [0.29, 0.717) is 16.7 Å². The van der Waals surface area contributed by atoms with E-state index in [2.05, 4.69) is 15.2 Å². The summed E-state index contributed by atoms with van der Waals surface area (Å²) in [6.45, 7) is 0. The van der Waals surface area contributed by atoms with Crippen molar-refractivity contribution in [2.24, 2.45) is 0 Å². The van der Waals surface area contributed by atoms with Gasteiger partial charge in [0.2, 0.25) is 15.0 Å². The average molecular weight is 367 g/mol. The third kappa shape index (κ3) is 3.71. The summed E-state index contributed by atoms with van der Waals surface area (Å²) in [6, 6.07) is 11.6. The highest BCUT2D eigenvalue weighted by molar-refractivity contribution is 7.90. The summed E-state index contributed by atoms with van der Waals surface area (Å²) in [5.41, 5.74) is 1.08. The van der Waals surface area contributed by atoms with Crippen LogP contribution in [0.25, 0.3) is 22.5 Å². The molecule has 0 fully saturated rings. The lowest BCUT2D eigenvalue weighted by atomic mass is 10.0. The molecule has 0 aliphatic heterocycles. The molecular formula is C16H12F3N3O2S. The van der Waals surface area contributed by atoms with Gasteiger partial charge in [0.15, 0.2) is 5.82 Å². The lowest BCUT2D eigenvalue weighted by molar-refractivity contribution is -0.137. The molecule has 3 rings (SSSR count). The Labute approximate surface area is 141 Å². The van der Waals surface area contributed by atoms with Gasteiger partial charge in [-0.05, 0) is 29.3 Å². The van der Waals surface area contributed by atoms with Crippen LogP contribution in [0, 0.1) is 0 Å². The van der Waals surface area contributed by atoms with E-state index in [1.54, 1.807) is 24.3 Å².